The van der Waals surface area contributed by atoms with Crippen molar-refractivity contribution in [2.45, 2.75) is 25.3 Å². The third kappa shape index (κ3) is 5.67. The molecule has 2 aromatic heterocycles. The standard InChI is InChI=1S/C19H19ClN4O2S/c20-15-5-3-13(4-6-15)14(11-24-7-1-2-8-24)9-18(26)23-19-22-16(12-27-19)10-17(21)25/h1-8,12,14H,9-11H2,(H2,21,25)(H,22,23,26). The van der Waals surface area contributed by atoms with Gasteiger partial charge in [0.2, 0.25) is 11.8 Å². The van der Waals surface area contributed by atoms with Gasteiger partial charge in [-0.1, -0.05) is 23.7 Å². The molecule has 1 atom stereocenters. The van der Waals surface area contributed by atoms with E-state index in [1.807, 2.05) is 53.4 Å². The van der Waals surface area contributed by atoms with E-state index in [4.69, 9.17) is 17.3 Å². The van der Waals surface area contributed by atoms with Gasteiger partial charge in [0.05, 0.1) is 12.1 Å². The van der Waals surface area contributed by atoms with Gasteiger partial charge in [-0.05, 0) is 29.8 Å². The molecule has 0 radical (unpaired) electrons. The Labute approximate surface area is 166 Å². The molecule has 1 unspecified atom stereocenters. The number of primary amides is 1. The summed E-state index contributed by atoms with van der Waals surface area (Å²) in [5.41, 5.74) is 6.77. The third-order valence-corrected chi connectivity index (χ3v) is 5.08. The van der Waals surface area contributed by atoms with Crippen molar-refractivity contribution in [3.63, 3.8) is 0 Å². The fraction of sp³-hybridized carbons (Fsp3) is 0.211. The summed E-state index contributed by atoms with van der Waals surface area (Å²) in [5, 5.41) is 5.65. The van der Waals surface area contributed by atoms with Crippen LogP contribution in [-0.4, -0.2) is 21.4 Å². The molecule has 3 rings (SSSR count). The zero-order valence-corrected chi connectivity index (χ0v) is 16.0. The molecule has 0 fully saturated rings. The molecule has 27 heavy (non-hydrogen) atoms. The average molecular weight is 403 g/mol. The summed E-state index contributed by atoms with van der Waals surface area (Å²) in [7, 11) is 0. The Morgan fingerprint density at radius 1 is 1.22 bits per heavy atom. The number of amides is 2. The van der Waals surface area contributed by atoms with Crippen molar-refractivity contribution in [1.82, 2.24) is 9.55 Å². The van der Waals surface area contributed by atoms with Crippen LogP contribution < -0.4 is 11.1 Å². The molecule has 0 aliphatic carbocycles. The first-order chi connectivity index (χ1) is 13.0. The molecular weight excluding hydrogens is 384 g/mol. The third-order valence-electron chi connectivity index (χ3n) is 4.02. The Bertz CT molecular complexity index is 906. The van der Waals surface area contributed by atoms with E-state index in [-0.39, 0.29) is 18.2 Å². The fourth-order valence-corrected chi connectivity index (χ4v) is 3.64. The second-order valence-electron chi connectivity index (χ2n) is 6.17. The predicted octanol–water partition coefficient (Wildman–Crippen LogP) is 3.44. The maximum absolute atomic E-state index is 12.6. The first-order valence-corrected chi connectivity index (χ1v) is 9.64. The maximum Gasteiger partial charge on any atom is 0.226 e. The second-order valence-corrected chi connectivity index (χ2v) is 7.46. The van der Waals surface area contributed by atoms with Crippen LogP contribution in [-0.2, 0) is 22.6 Å². The summed E-state index contributed by atoms with van der Waals surface area (Å²) in [6.07, 6.45) is 4.30. The number of anilines is 1. The summed E-state index contributed by atoms with van der Waals surface area (Å²) >= 11 is 7.26. The number of aromatic nitrogens is 2. The molecule has 3 aromatic rings. The van der Waals surface area contributed by atoms with Crippen LogP contribution >= 0.6 is 22.9 Å². The molecule has 1 aromatic carbocycles. The van der Waals surface area contributed by atoms with Crippen molar-refractivity contribution < 1.29 is 9.59 Å². The van der Waals surface area contributed by atoms with Gasteiger partial charge in [0.15, 0.2) is 5.13 Å². The number of carbonyl (C=O) groups is 2. The van der Waals surface area contributed by atoms with Crippen LogP contribution in [0.15, 0.2) is 54.2 Å². The molecule has 2 amide bonds. The normalized spacial score (nSPS) is 11.9. The number of halogens is 1. The monoisotopic (exact) mass is 402 g/mol. The van der Waals surface area contributed by atoms with Crippen molar-refractivity contribution in [2.24, 2.45) is 5.73 Å². The summed E-state index contributed by atoms with van der Waals surface area (Å²) < 4.78 is 2.04. The molecule has 8 heteroatoms. The molecule has 140 valence electrons. The number of hydrogen-bond acceptors (Lipinski definition) is 4. The molecule has 0 spiro atoms. The SMILES string of the molecule is NC(=O)Cc1csc(NC(=O)CC(Cn2cccc2)c2ccc(Cl)cc2)n1. The quantitative estimate of drug-likeness (QED) is 0.604. The minimum Gasteiger partial charge on any atom is -0.369 e. The van der Waals surface area contributed by atoms with Crippen LogP contribution in [0.5, 0.6) is 0 Å². The Morgan fingerprint density at radius 2 is 1.93 bits per heavy atom. The van der Waals surface area contributed by atoms with E-state index < -0.39 is 5.91 Å². The molecule has 0 saturated carbocycles. The lowest BCUT2D eigenvalue weighted by molar-refractivity contribution is -0.117. The molecule has 0 bridgehead atoms. The first kappa shape index (κ1) is 19.1. The van der Waals surface area contributed by atoms with Crippen molar-refractivity contribution in [2.75, 3.05) is 5.32 Å². The van der Waals surface area contributed by atoms with Crippen LogP contribution in [0.2, 0.25) is 5.02 Å². The van der Waals surface area contributed by atoms with Gasteiger partial charge in [-0.25, -0.2) is 4.98 Å². The predicted molar refractivity (Wildman–Crippen MR) is 107 cm³/mol. The Morgan fingerprint density at radius 3 is 2.59 bits per heavy atom. The minimum absolute atomic E-state index is 0.0141. The van der Waals surface area contributed by atoms with E-state index in [0.717, 1.165) is 5.56 Å². The molecule has 3 N–H and O–H groups in total. The van der Waals surface area contributed by atoms with Crippen LogP contribution in [0.1, 0.15) is 23.6 Å². The number of nitrogens with one attached hydrogen (secondary N) is 1. The maximum atomic E-state index is 12.6. The van der Waals surface area contributed by atoms with E-state index in [2.05, 4.69) is 10.3 Å². The highest BCUT2D eigenvalue weighted by Crippen LogP contribution is 2.25. The zero-order chi connectivity index (χ0) is 19.2. The minimum atomic E-state index is -0.451. The van der Waals surface area contributed by atoms with Crippen LogP contribution in [0.3, 0.4) is 0 Å². The van der Waals surface area contributed by atoms with Gasteiger partial charge in [0.1, 0.15) is 0 Å². The molecule has 0 saturated heterocycles. The number of carbonyl (C=O) groups excluding carboxylic acids is 2. The Kier molecular flexibility index (Phi) is 6.26. The van der Waals surface area contributed by atoms with E-state index in [1.54, 1.807) is 5.38 Å². The van der Waals surface area contributed by atoms with Crippen molar-refractivity contribution >= 4 is 39.9 Å². The highest BCUT2D eigenvalue weighted by molar-refractivity contribution is 7.13. The fourth-order valence-electron chi connectivity index (χ4n) is 2.79. The molecule has 0 aliphatic rings. The van der Waals surface area contributed by atoms with Crippen LogP contribution in [0.25, 0.3) is 0 Å². The van der Waals surface area contributed by atoms with E-state index >= 15 is 0 Å². The highest BCUT2D eigenvalue weighted by atomic mass is 35.5. The molecule has 6 nitrogen and oxygen atoms in total. The zero-order valence-electron chi connectivity index (χ0n) is 14.5. The summed E-state index contributed by atoms with van der Waals surface area (Å²) in [6, 6.07) is 11.4. The Hall–Kier alpha value is -2.64. The van der Waals surface area contributed by atoms with Gasteiger partial charge in [0.25, 0.3) is 0 Å². The average Bonchev–Trinajstić information content (AvgIpc) is 3.26. The highest BCUT2D eigenvalue weighted by Gasteiger charge is 2.18. The van der Waals surface area contributed by atoms with Crippen LogP contribution in [0, 0.1) is 0 Å². The van der Waals surface area contributed by atoms with E-state index in [0.29, 0.717) is 28.8 Å². The number of benzene rings is 1. The van der Waals surface area contributed by atoms with Gasteiger partial charge in [0, 0.05) is 41.7 Å². The number of nitrogens with two attached hydrogens (primary N) is 1. The molecular formula is C19H19ClN4O2S. The van der Waals surface area contributed by atoms with Crippen molar-refractivity contribution in [1.29, 1.82) is 0 Å². The van der Waals surface area contributed by atoms with Gasteiger partial charge in [-0.15, -0.1) is 11.3 Å². The largest absolute Gasteiger partial charge is 0.369 e. The van der Waals surface area contributed by atoms with Gasteiger partial charge in [-0.2, -0.15) is 0 Å². The lowest BCUT2D eigenvalue weighted by atomic mass is 9.95. The summed E-state index contributed by atoms with van der Waals surface area (Å²) in [6.45, 7) is 0.673. The Balaban J connectivity index is 1.69. The van der Waals surface area contributed by atoms with Gasteiger partial charge >= 0.3 is 0 Å². The smallest absolute Gasteiger partial charge is 0.226 e. The number of rotatable bonds is 8. The van der Waals surface area contributed by atoms with Crippen LogP contribution in [0.4, 0.5) is 5.13 Å². The summed E-state index contributed by atoms with van der Waals surface area (Å²) in [5.74, 6) is -0.602. The topological polar surface area (TPSA) is 90.0 Å². The molecule has 2 heterocycles. The lowest BCUT2D eigenvalue weighted by Gasteiger charge is -2.18. The van der Waals surface area contributed by atoms with Gasteiger partial charge in [-0.3, -0.25) is 9.59 Å². The molecule has 0 aliphatic heterocycles. The summed E-state index contributed by atoms with van der Waals surface area (Å²) in [4.78, 5) is 27.7. The van der Waals surface area contributed by atoms with E-state index in [9.17, 15) is 9.59 Å². The first-order valence-electron chi connectivity index (χ1n) is 8.38. The van der Waals surface area contributed by atoms with Gasteiger partial charge < -0.3 is 15.6 Å². The number of hydrogen-bond donors (Lipinski definition) is 2. The number of nitrogens with zero attached hydrogens (tertiary/aromatic N) is 2. The lowest BCUT2D eigenvalue weighted by Crippen LogP contribution is -2.19. The second kappa shape index (κ2) is 8.83. The number of thiazole rings is 1. The van der Waals surface area contributed by atoms with Crippen molar-refractivity contribution in [3.8, 4) is 0 Å². The van der Waals surface area contributed by atoms with Crippen molar-refractivity contribution in [3.05, 3.63) is 70.5 Å². The van der Waals surface area contributed by atoms with E-state index in [1.165, 1.54) is 11.3 Å².